The summed E-state index contributed by atoms with van der Waals surface area (Å²) in [4.78, 5) is 25.8. The maximum atomic E-state index is 11.4. The number of rotatable bonds is 4. The third-order valence-corrected chi connectivity index (χ3v) is 3.10. The van der Waals surface area contributed by atoms with E-state index in [-0.39, 0.29) is 5.82 Å². The molecule has 0 aliphatic heterocycles. The van der Waals surface area contributed by atoms with Crippen molar-refractivity contribution in [2.45, 2.75) is 6.54 Å². The zero-order valence-corrected chi connectivity index (χ0v) is 11.4. The summed E-state index contributed by atoms with van der Waals surface area (Å²) in [5, 5.41) is 8.68. The van der Waals surface area contributed by atoms with Gasteiger partial charge in [0, 0.05) is 22.5 Å². The molecule has 0 unspecified atom stereocenters. The number of hydrogen-bond acceptors (Lipinski definition) is 3. The summed E-state index contributed by atoms with van der Waals surface area (Å²) in [5.74, 6) is -2.54. The number of aliphatic carboxylic acids is 1. The van der Waals surface area contributed by atoms with Gasteiger partial charge < -0.3 is 9.67 Å². The molecule has 2 aromatic rings. The van der Waals surface area contributed by atoms with Crippen LogP contribution in [0.3, 0.4) is 0 Å². The van der Waals surface area contributed by atoms with Crippen LogP contribution in [0.1, 0.15) is 16.2 Å². The van der Waals surface area contributed by atoms with Gasteiger partial charge in [0.15, 0.2) is 5.82 Å². The Balaban J connectivity index is 2.25. The van der Waals surface area contributed by atoms with E-state index in [9.17, 15) is 9.59 Å². The van der Waals surface area contributed by atoms with E-state index in [0.29, 0.717) is 6.54 Å². The first-order valence-corrected chi connectivity index (χ1v) is 6.19. The van der Waals surface area contributed by atoms with Crippen molar-refractivity contribution in [2.75, 3.05) is 0 Å². The molecule has 0 spiro atoms. The van der Waals surface area contributed by atoms with Crippen LogP contribution in [0.2, 0.25) is 0 Å². The lowest BCUT2D eigenvalue weighted by Gasteiger charge is -2.05. The predicted molar refractivity (Wildman–Crippen MR) is 72.5 cm³/mol. The molecule has 92 valence electrons. The minimum absolute atomic E-state index is 0.0546. The molecule has 1 aromatic carbocycles. The molecule has 0 fully saturated rings. The summed E-state index contributed by atoms with van der Waals surface area (Å²) in [5.41, 5.74) is 0.979. The molecule has 0 amide bonds. The first-order chi connectivity index (χ1) is 8.58. The van der Waals surface area contributed by atoms with Gasteiger partial charge in [-0.3, -0.25) is 4.79 Å². The Morgan fingerprint density at radius 1 is 1.28 bits per heavy atom. The number of Topliss-reactive ketones (excluding diaryl/α,β-unsaturated/α-hetero) is 1. The van der Waals surface area contributed by atoms with Gasteiger partial charge in [-0.05, 0) is 40.3 Å². The molecule has 1 heterocycles. The Bertz CT molecular complexity index is 590. The average molecular weight is 356 g/mol. The Morgan fingerprint density at radius 3 is 2.56 bits per heavy atom. The molecule has 0 radical (unpaired) electrons. The number of carbonyl (C=O) groups excluding carboxylic acids is 1. The van der Waals surface area contributed by atoms with E-state index < -0.39 is 11.8 Å². The highest BCUT2D eigenvalue weighted by molar-refractivity contribution is 14.1. The Kier molecular flexibility index (Phi) is 3.75. The number of halogens is 1. The third-order valence-electron chi connectivity index (χ3n) is 2.38. The van der Waals surface area contributed by atoms with Crippen LogP contribution in [-0.4, -0.2) is 26.4 Å². The summed E-state index contributed by atoms with van der Waals surface area (Å²) >= 11 is 2.20. The second-order valence-electron chi connectivity index (χ2n) is 3.64. The van der Waals surface area contributed by atoms with E-state index in [2.05, 4.69) is 27.6 Å². The molecule has 0 aliphatic carbocycles. The smallest absolute Gasteiger partial charge is 0.380 e. The SMILES string of the molecule is O=C(O)C(=O)c1nccn1Cc1ccc(I)cc1. The van der Waals surface area contributed by atoms with Crippen LogP contribution >= 0.6 is 22.6 Å². The molecule has 18 heavy (non-hydrogen) atoms. The molecular weight excluding hydrogens is 347 g/mol. The van der Waals surface area contributed by atoms with E-state index in [1.807, 2.05) is 24.3 Å². The number of ketones is 1. The topological polar surface area (TPSA) is 72.2 Å². The summed E-state index contributed by atoms with van der Waals surface area (Å²) in [6.45, 7) is 0.422. The summed E-state index contributed by atoms with van der Waals surface area (Å²) in [7, 11) is 0. The van der Waals surface area contributed by atoms with Crippen molar-refractivity contribution in [2.24, 2.45) is 0 Å². The van der Waals surface area contributed by atoms with Crippen molar-refractivity contribution in [3.63, 3.8) is 0 Å². The van der Waals surface area contributed by atoms with Crippen LogP contribution in [0, 0.1) is 3.57 Å². The van der Waals surface area contributed by atoms with Gasteiger partial charge in [-0.25, -0.2) is 9.78 Å². The van der Waals surface area contributed by atoms with Gasteiger partial charge in [-0.2, -0.15) is 0 Å². The first kappa shape index (κ1) is 12.7. The van der Waals surface area contributed by atoms with Crippen LogP contribution in [0.25, 0.3) is 0 Å². The van der Waals surface area contributed by atoms with Gasteiger partial charge in [-0.15, -0.1) is 0 Å². The van der Waals surface area contributed by atoms with Crippen molar-refractivity contribution < 1.29 is 14.7 Å². The summed E-state index contributed by atoms with van der Waals surface area (Å²) in [6.07, 6.45) is 3.01. The molecule has 0 bridgehead atoms. The van der Waals surface area contributed by atoms with Crippen LogP contribution < -0.4 is 0 Å². The second kappa shape index (κ2) is 5.30. The molecule has 1 N–H and O–H groups in total. The molecule has 1 aromatic heterocycles. The van der Waals surface area contributed by atoms with Crippen molar-refractivity contribution >= 4 is 34.3 Å². The highest BCUT2D eigenvalue weighted by atomic mass is 127. The Morgan fingerprint density at radius 2 is 1.94 bits per heavy atom. The number of nitrogens with zero attached hydrogens (tertiary/aromatic N) is 2. The normalized spacial score (nSPS) is 10.3. The van der Waals surface area contributed by atoms with E-state index in [0.717, 1.165) is 9.13 Å². The third kappa shape index (κ3) is 2.76. The fraction of sp³-hybridized carbons (Fsp3) is 0.0833. The molecule has 6 heteroatoms. The standard InChI is InChI=1S/C12H9IN2O3/c13-9-3-1-8(2-4-9)7-15-6-5-14-11(15)10(16)12(17)18/h1-6H,7H2,(H,17,18). The average Bonchev–Trinajstić information content (AvgIpc) is 2.79. The number of hydrogen-bond donors (Lipinski definition) is 1. The highest BCUT2D eigenvalue weighted by Crippen LogP contribution is 2.10. The molecule has 0 saturated carbocycles. The number of carboxylic acid groups (broad SMARTS) is 1. The molecule has 5 nitrogen and oxygen atoms in total. The molecule has 2 rings (SSSR count). The van der Waals surface area contributed by atoms with E-state index in [1.54, 1.807) is 6.20 Å². The Labute approximate surface area is 117 Å². The lowest BCUT2D eigenvalue weighted by Crippen LogP contribution is -2.19. The maximum absolute atomic E-state index is 11.4. The lowest BCUT2D eigenvalue weighted by atomic mass is 10.2. The van der Waals surface area contributed by atoms with E-state index in [4.69, 9.17) is 5.11 Å². The fourth-order valence-electron chi connectivity index (χ4n) is 1.53. The summed E-state index contributed by atoms with van der Waals surface area (Å²) in [6, 6.07) is 7.75. The van der Waals surface area contributed by atoms with Gasteiger partial charge >= 0.3 is 11.8 Å². The monoisotopic (exact) mass is 356 g/mol. The molecule has 0 aliphatic rings. The maximum Gasteiger partial charge on any atom is 0.380 e. The largest absolute Gasteiger partial charge is 0.475 e. The van der Waals surface area contributed by atoms with Crippen molar-refractivity contribution in [1.29, 1.82) is 0 Å². The number of benzene rings is 1. The van der Waals surface area contributed by atoms with Gasteiger partial charge in [0.05, 0.1) is 0 Å². The van der Waals surface area contributed by atoms with Crippen LogP contribution in [0.15, 0.2) is 36.7 Å². The quantitative estimate of drug-likeness (QED) is 0.515. The van der Waals surface area contributed by atoms with Crippen LogP contribution in [0.4, 0.5) is 0 Å². The van der Waals surface area contributed by atoms with Gasteiger partial charge in [0.25, 0.3) is 0 Å². The highest BCUT2D eigenvalue weighted by Gasteiger charge is 2.20. The van der Waals surface area contributed by atoms with Gasteiger partial charge in [0.1, 0.15) is 0 Å². The fourth-order valence-corrected chi connectivity index (χ4v) is 1.89. The number of aromatic nitrogens is 2. The molecule has 0 saturated heterocycles. The van der Waals surface area contributed by atoms with Crippen LogP contribution in [-0.2, 0) is 11.3 Å². The van der Waals surface area contributed by atoms with Crippen molar-refractivity contribution in [1.82, 2.24) is 9.55 Å². The van der Waals surface area contributed by atoms with E-state index in [1.165, 1.54) is 10.8 Å². The van der Waals surface area contributed by atoms with Gasteiger partial charge in [-0.1, -0.05) is 12.1 Å². The predicted octanol–water partition coefficient (Wildman–Crippen LogP) is 1.80. The zero-order valence-electron chi connectivity index (χ0n) is 9.21. The summed E-state index contributed by atoms with van der Waals surface area (Å²) < 4.78 is 2.64. The molecular formula is C12H9IN2O3. The number of imidazole rings is 1. The minimum atomic E-state index is -1.50. The lowest BCUT2D eigenvalue weighted by molar-refractivity contribution is -0.131. The number of carbonyl (C=O) groups is 2. The second-order valence-corrected chi connectivity index (χ2v) is 4.89. The van der Waals surface area contributed by atoms with Crippen molar-refractivity contribution in [3.8, 4) is 0 Å². The Hall–Kier alpha value is -1.70. The van der Waals surface area contributed by atoms with Crippen molar-refractivity contribution in [3.05, 3.63) is 51.6 Å². The minimum Gasteiger partial charge on any atom is -0.475 e. The number of carboxylic acids is 1. The van der Waals surface area contributed by atoms with Crippen LogP contribution in [0.5, 0.6) is 0 Å². The zero-order chi connectivity index (χ0) is 13.1. The van der Waals surface area contributed by atoms with E-state index >= 15 is 0 Å². The first-order valence-electron chi connectivity index (χ1n) is 5.11. The molecule has 0 atom stereocenters. The van der Waals surface area contributed by atoms with Gasteiger partial charge in [0.2, 0.25) is 0 Å².